The number of hydrogen-bond donors (Lipinski definition) is 2. The first-order valence-electron chi connectivity index (χ1n) is 12.4. The molecule has 3 aromatic rings. The minimum Gasteiger partial charge on any atom is -0.349 e. The number of nitriles is 1. The Bertz CT molecular complexity index is 1470. The molecule has 0 bridgehead atoms. The molecule has 2 aliphatic rings. The van der Waals surface area contributed by atoms with Gasteiger partial charge < -0.3 is 20.1 Å². The van der Waals surface area contributed by atoms with Crippen molar-refractivity contribution in [2.24, 2.45) is 5.92 Å². The molecule has 1 aromatic heterocycles. The summed E-state index contributed by atoms with van der Waals surface area (Å²) in [5.41, 5.74) is 1.44. The fourth-order valence-corrected chi connectivity index (χ4v) is 6.30. The van der Waals surface area contributed by atoms with Crippen LogP contribution in [-0.2, 0) is 15.0 Å². The highest BCUT2D eigenvalue weighted by molar-refractivity contribution is 9.10. The molecule has 2 aromatic carbocycles. The van der Waals surface area contributed by atoms with Crippen molar-refractivity contribution >= 4 is 61.8 Å². The average molecular weight is 597 g/mol. The van der Waals surface area contributed by atoms with Crippen LogP contribution >= 0.6 is 27.5 Å². The van der Waals surface area contributed by atoms with Gasteiger partial charge >= 0.3 is 0 Å². The third-order valence-corrected chi connectivity index (χ3v) is 8.61. The summed E-state index contributed by atoms with van der Waals surface area (Å²) in [6.07, 6.45) is 0.606. The van der Waals surface area contributed by atoms with E-state index < -0.39 is 17.5 Å². The molecular weight excluding hydrogens is 570 g/mol. The second kappa shape index (κ2) is 9.75. The number of H-pyrrole nitrogens is 1. The van der Waals surface area contributed by atoms with Crippen LogP contribution in [-0.4, -0.2) is 58.2 Å². The van der Waals surface area contributed by atoms with Crippen LogP contribution in [0, 0.1) is 17.2 Å². The molecule has 1 fully saturated rings. The third kappa shape index (κ3) is 4.16. The maximum atomic E-state index is 14.1. The summed E-state index contributed by atoms with van der Waals surface area (Å²) in [5, 5.41) is 14.2. The molecule has 0 radical (unpaired) electrons. The third-order valence-electron chi connectivity index (χ3n) is 7.60. The Morgan fingerprint density at radius 2 is 2.03 bits per heavy atom. The van der Waals surface area contributed by atoms with Gasteiger partial charge in [0, 0.05) is 35.6 Å². The number of carbonyl (C=O) groups is 3. The first-order valence-corrected chi connectivity index (χ1v) is 13.6. The number of hydrogen-bond acceptors (Lipinski definition) is 4. The molecule has 0 aliphatic carbocycles. The van der Waals surface area contributed by atoms with Gasteiger partial charge in [0.05, 0.1) is 22.0 Å². The number of fused-ring (bicyclic) bond motifs is 3. The zero-order chi connectivity index (χ0) is 27.4. The fraction of sp³-hybridized carbons (Fsp3) is 0.357. The van der Waals surface area contributed by atoms with E-state index in [1.165, 1.54) is 9.80 Å². The van der Waals surface area contributed by atoms with E-state index in [-0.39, 0.29) is 36.6 Å². The first kappa shape index (κ1) is 26.3. The van der Waals surface area contributed by atoms with E-state index in [4.69, 9.17) is 11.6 Å². The van der Waals surface area contributed by atoms with E-state index in [2.05, 4.69) is 32.3 Å². The molecule has 10 heteroatoms. The number of aromatic nitrogens is 1. The zero-order valence-electron chi connectivity index (χ0n) is 21.2. The topological polar surface area (TPSA) is 109 Å². The average Bonchev–Trinajstić information content (AvgIpc) is 3.59. The van der Waals surface area contributed by atoms with Gasteiger partial charge in [-0.1, -0.05) is 59.6 Å². The van der Waals surface area contributed by atoms with Crippen LogP contribution < -0.4 is 5.32 Å². The van der Waals surface area contributed by atoms with E-state index in [9.17, 15) is 19.6 Å². The van der Waals surface area contributed by atoms with Gasteiger partial charge in [0.2, 0.25) is 11.8 Å². The Hall–Kier alpha value is -3.35. The maximum Gasteiger partial charge on any atom is 0.270 e. The number of aromatic amines is 1. The molecule has 3 amide bonds. The number of para-hydroxylation sites is 1. The SMILES string of the molecule is CC(C)C[C@@H](C(=O)N1C[C@]2(CC1C#N)C(=O)Nc1ccccc12)N(C)C(=O)c1cc2c(Br)ccc(Cl)c2[nH]1. The smallest absolute Gasteiger partial charge is 0.270 e. The molecule has 196 valence electrons. The summed E-state index contributed by atoms with van der Waals surface area (Å²) in [5.74, 6) is -0.822. The van der Waals surface area contributed by atoms with Crippen LogP contribution in [0.15, 0.2) is 46.9 Å². The van der Waals surface area contributed by atoms with Crippen molar-refractivity contribution in [2.45, 2.75) is 44.2 Å². The van der Waals surface area contributed by atoms with Gasteiger partial charge in [-0.2, -0.15) is 5.26 Å². The number of halogens is 2. The molecule has 1 saturated heterocycles. The Labute approximate surface area is 234 Å². The monoisotopic (exact) mass is 595 g/mol. The number of rotatable bonds is 5. The van der Waals surface area contributed by atoms with Gasteiger partial charge in [0.25, 0.3) is 5.91 Å². The lowest BCUT2D eigenvalue weighted by molar-refractivity contribution is -0.136. The summed E-state index contributed by atoms with van der Waals surface area (Å²) in [6, 6.07) is 13.3. The number of amides is 3. The summed E-state index contributed by atoms with van der Waals surface area (Å²) >= 11 is 9.83. The number of nitrogens with zero attached hydrogens (tertiary/aromatic N) is 3. The Kier molecular flexibility index (Phi) is 6.74. The number of nitrogens with one attached hydrogen (secondary N) is 2. The summed E-state index contributed by atoms with van der Waals surface area (Å²) in [7, 11) is 1.60. The predicted octanol–water partition coefficient (Wildman–Crippen LogP) is 5.09. The summed E-state index contributed by atoms with van der Waals surface area (Å²) in [6.45, 7) is 4.04. The van der Waals surface area contributed by atoms with Crippen LogP contribution in [0.2, 0.25) is 5.02 Å². The number of carbonyl (C=O) groups excluding carboxylic acids is 3. The lowest BCUT2D eigenvalue weighted by Crippen LogP contribution is -2.52. The van der Waals surface area contributed by atoms with E-state index in [0.717, 1.165) is 15.4 Å². The summed E-state index contributed by atoms with van der Waals surface area (Å²) < 4.78 is 0.791. The summed E-state index contributed by atoms with van der Waals surface area (Å²) in [4.78, 5) is 46.9. The molecule has 3 heterocycles. The van der Waals surface area contributed by atoms with Crippen molar-refractivity contribution in [3.8, 4) is 6.07 Å². The van der Waals surface area contributed by atoms with Crippen molar-refractivity contribution in [1.82, 2.24) is 14.8 Å². The predicted molar refractivity (Wildman–Crippen MR) is 149 cm³/mol. The highest BCUT2D eigenvalue weighted by atomic mass is 79.9. The highest BCUT2D eigenvalue weighted by Gasteiger charge is 2.56. The van der Waals surface area contributed by atoms with Crippen LogP contribution in [0.1, 0.15) is 42.7 Å². The second-order valence-corrected chi connectivity index (χ2v) is 11.7. The van der Waals surface area contributed by atoms with Crippen molar-refractivity contribution in [2.75, 3.05) is 18.9 Å². The van der Waals surface area contributed by atoms with Crippen molar-refractivity contribution < 1.29 is 14.4 Å². The number of likely N-dealkylation sites (tertiary alicyclic amines) is 1. The van der Waals surface area contributed by atoms with E-state index in [1.807, 2.05) is 44.2 Å². The minimum absolute atomic E-state index is 0.0818. The van der Waals surface area contributed by atoms with E-state index >= 15 is 0 Å². The Morgan fingerprint density at radius 1 is 1.29 bits per heavy atom. The fourth-order valence-electron chi connectivity index (χ4n) is 5.65. The number of anilines is 1. The maximum absolute atomic E-state index is 14.1. The van der Waals surface area contributed by atoms with Crippen molar-refractivity contribution in [3.63, 3.8) is 0 Å². The molecule has 5 rings (SSSR count). The van der Waals surface area contributed by atoms with Gasteiger partial charge in [-0.15, -0.1) is 0 Å². The molecule has 1 spiro atoms. The van der Waals surface area contributed by atoms with Crippen LogP contribution in [0.5, 0.6) is 0 Å². The van der Waals surface area contributed by atoms with E-state index in [0.29, 0.717) is 28.3 Å². The largest absolute Gasteiger partial charge is 0.349 e. The molecule has 2 aliphatic heterocycles. The number of benzene rings is 2. The standard InChI is InChI=1S/C28H27BrClN5O3/c1-15(2)10-23(34(3)25(36)22-11-17-19(29)8-9-20(30)24(17)32-22)26(37)35-14-28(12-16(35)13-31)18-6-4-5-7-21(18)33-27(28)38/h4-9,11,15-16,23,32H,10,12,14H2,1-3H3,(H,33,38)/t16?,23-,28-/m0/s1. The highest BCUT2D eigenvalue weighted by Crippen LogP contribution is 2.46. The molecule has 8 nitrogen and oxygen atoms in total. The van der Waals surface area contributed by atoms with Gasteiger partial charge in [0.15, 0.2) is 0 Å². The van der Waals surface area contributed by atoms with Crippen LogP contribution in [0.4, 0.5) is 5.69 Å². The Balaban J connectivity index is 1.47. The van der Waals surface area contributed by atoms with Crippen molar-refractivity contribution in [1.29, 1.82) is 5.26 Å². The quantitative estimate of drug-likeness (QED) is 0.428. The second-order valence-electron chi connectivity index (χ2n) is 10.5. The molecule has 2 N–H and O–H groups in total. The van der Waals surface area contributed by atoms with Gasteiger partial charge in [0.1, 0.15) is 17.8 Å². The van der Waals surface area contributed by atoms with Crippen LogP contribution in [0.3, 0.4) is 0 Å². The number of likely N-dealkylation sites (N-methyl/N-ethyl adjacent to an activating group) is 1. The van der Waals surface area contributed by atoms with E-state index in [1.54, 1.807) is 19.2 Å². The van der Waals surface area contributed by atoms with Gasteiger partial charge in [-0.25, -0.2) is 0 Å². The molecule has 0 saturated carbocycles. The first-order chi connectivity index (χ1) is 18.1. The molecule has 38 heavy (non-hydrogen) atoms. The van der Waals surface area contributed by atoms with Crippen molar-refractivity contribution in [3.05, 3.63) is 63.2 Å². The molecular formula is C28H27BrClN5O3. The van der Waals surface area contributed by atoms with Gasteiger partial charge in [-0.05, 0) is 42.2 Å². The minimum atomic E-state index is -0.988. The van der Waals surface area contributed by atoms with Crippen LogP contribution in [0.25, 0.3) is 10.9 Å². The zero-order valence-corrected chi connectivity index (χ0v) is 23.6. The lowest BCUT2D eigenvalue weighted by Gasteiger charge is -2.33. The van der Waals surface area contributed by atoms with Gasteiger partial charge in [-0.3, -0.25) is 14.4 Å². The molecule has 1 unspecified atom stereocenters. The molecule has 3 atom stereocenters. The Morgan fingerprint density at radius 3 is 2.71 bits per heavy atom. The lowest BCUT2D eigenvalue weighted by atomic mass is 9.80. The normalized spacial score (nSPS) is 21.0.